The number of methoxy groups -OCH3 is 1. The van der Waals surface area contributed by atoms with E-state index in [0.717, 1.165) is 0 Å². The number of hydrogen-bond acceptors (Lipinski definition) is 3. The van der Waals surface area contributed by atoms with Gasteiger partial charge in [0.05, 0.1) is 18.8 Å². The van der Waals surface area contributed by atoms with Gasteiger partial charge in [-0.3, -0.25) is 0 Å². The molecule has 1 atom stereocenters. The molecule has 2 N–H and O–H groups in total. The molecule has 0 amide bonds. The predicted octanol–water partition coefficient (Wildman–Crippen LogP) is 1.45. The lowest BCUT2D eigenvalue weighted by Gasteiger charge is -2.11. The Labute approximate surface area is 81.8 Å². The number of aromatic carboxylic acids is 1. The van der Waals surface area contributed by atoms with Crippen LogP contribution in [0, 0.1) is 0 Å². The molecule has 0 saturated carbocycles. The number of ether oxygens (including phenoxy) is 1. The van der Waals surface area contributed by atoms with Crippen molar-refractivity contribution in [2.24, 2.45) is 0 Å². The van der Waals surface area contributed by atoms with Gasteiger partial charge in [0, 0.05) is 5.56 Å². The van der Waals surface area contributed by atoms with Gasteiger partial charge in [0.15, 0.2) is 0 Å². The van der Waals surface area contributed by atoms with Crippen LogP contribution in [0.15, 0.2) is 18.2 Å². The Kier molecular flexibility index (Phi) is 3.09. The summed E-state index contributed by atoms with van der Waals surface area (Å²) in [5.41, 5.74) is 0.726. The van der Waals surface area contributed by atoms with Gasteiger partial charge in [0.2, 0.25) is 0 Å². The van der Waals surface area contributed by atoms with Gasteiger partial charge in [0.1, 0.15) is 5.75 Å². The van der Waals surface area contributed by atoms with Crippen LogP contribution in [0.1, 0.15) is 28.9 Å². The smallest absolute Gasteiger partial charge is 0.335 e. The molecule has 0 bridgehead atoms. The number of hydrogen-bond donors (Lipinski definition) is 2. The number of carboxylic acid groups (broad SMARTS) is 1. The third-order valence-electron chi connectivity index (χ3n) is 1.93. The first-order valence-electron chi connectivity index (χ1n) is 4.15. The molecule has 14 heavy (non-hydrogen) atoms. The molecule has 0 spiro atoms. The Morgan fingerprint density at radius 2 is 2.14 bits per heavy atom. The molecular weight excluding hydrogens is 184 g/mol. The molecule has 76 valence electrons. The Balaban J connectivity index is 3.18. The average Bonchev–Trinajstić information content (AvgIpc) is 2.16. The molecule has 1 rings (SSSR count). The molecule has 0 radical (unpaired) electrons. The highest BCUT2D eigenvalue weighted by molar-refractivity contribution is 5.88. The van der Waals surface area contributed by atoms with Crippen molar-refractivity contribution in [3.8, 4) is 5.75 Å². The van der Waals surface area contributed by atoms with Crippen LogP contribution in [0.3, 0.4) is 0 Å². The Morgan fingerprint density at radius 1 is 1.50 bits per heavy atom. The first-order valence-corrected chi connectivity index (χ1v) is 4.15. The van der Waals surface area contributed by atoms with E-state index in [9.17, 15) is 9.90 Å². The third-order valence-corrected chi connectivity index (χ3v) is 1.93. The van der Waals surface area contributed by atoms with E-state index in [-0.39, 0.29) is 5.56 Å². The number of rotatable bonds is 3. The van der Waals surface area contributed by atoms with Crippen molar-refractivity contribution in [1.82, 2.24) is 0 Å². The molecule has 4 nitrogen and oxygen atoms in total. The van der Waals surface area contributed by atoms with Crippen molar-refractivity contribution in [2.45, 2.75) is 13.0 Å². The highest BCUT2D eigenvalue weighted by Crippen LogP contribution is 2.25. The maximum Gasteiger partial charge on any atom is 0.335 e. The SMILES string of the molecule is COc1cc(C(=O)O)ccc1C(C)O. The molecule has 1 aromatic rings. The van der Waals surface area contributed by atoms with Crippen LogP contribution in [-0.4, -0.2) is 23.3 Å². The topological polar surface area (TPSA) is 66.8 Å². The van der Waals surface area contributed by atoms with Crippen LogP contribution in [0.25, 0.3) is 0 Å². The van der Waals surface area contributed by atoms with E-state index >= 15 is 0 Å². The second kappa shape index (κ2) is 4.11. The molecule has 0 fully saturated rings. The summed E-state index contributed by atoms with van der Waals surface area (Å²) in [6.45, 7) is 1.60. The second-order valence-electron chi connectivity index (χ2n) is 2.94. The Hall–Kier alpha value is -1.55. The lowest BCUT2D eigenvalue weighted by Crippen LogP contribution is -2.01. The van der Waals surface area contributed by atoms with Crippen LogP contribution >= 0.6 is 0 Å². The molecule has 0 aromatic heterocycles. The van der Waals surface area contributed by atoms with Crippen molar-refractivity contribution in [2.75, 3.05) is 7.11 Å². The van der Waals surface area contributed by atoms with Crippen LogP contribution in [0.2, 0.25) is 0 Å². The number of benzene rings is 1. The Bertz CT molecular complexity index is 344. The summed E-state index contributed by atoms with van der Waals surface area (Å²) in [5.74, 6) is -0.625. The van der Waals surface area contributed by atoms with Gasteiger partial charge in [-0.2, -0.15) is 0 Å². The predicted molar refractivity (Wildman–Crippen MR) is 50.6 cm³/mol. The van der Waals surface area contributed by atoms with Gasteiger partial charge in [0.25, 0.3) is 0 Å². The lowest BCUT2D eigenvalue weighted by atomic mass is 10.1. The lowest BCUT2D eigenvalue weighted by molar-refractivity contribution is 0.0696. The van der Waals surface area contributed by atoms with Gasteiger partial charge in [-0.1, -0.05) is 6.07 Å². The van der Waals surface area contributed by atoms with Crippen LogP contribution in [0.5, 0.6) is 5.75 Å². The van der Waals surface area contributed by atoms with Gasteiger partial charge in [-0.25, -0.2) is 4.79 Å². The highest BCUT2D eigenvalue weighted by atomic mass is 16.5. The summed E-state index contributed by atoms with van der Waals surface area (Å²) < 4.78 is 4.97. The molecule has 0 aliphatic heterocycles. The first kappa shape index (κ1) is 10.5. The number of carboxylic acids is 1. The van der Waals surface area contributed by atoms with Crippen molar-refractivity contribution in [3.63, 3.8) is 0 Å². The summed E-state index contributed by atoms with van der Waals surface area (Å²) in [6.07, 6.45) is -0.673. The van der Waals surface area contributed by atoms with E-state index in [2.05, 4.69) is 0 Å². The maximum atomic E-state index is 10.6. The summed E-state index contributed by atoms with van der Waals surface area (Å²) >= 11 is 0. The normalized spacial score (nSPS) is 12.2. The fourth-order valence-corrected chi connectivity index (χ4v) is 1.19. The molecule has 0 saturated heterocycles. The molecule has 0 aliphatic carbocycles. The van der Waals surface area contributed by atoms with Gasteiger partial charge < -0.3 is 14.9 Å². The van der Waals surface area contributed by atoms with E-state index in [4.69, 9.17) is 9.84 Å². The maximum absolute atomic E-state index is 10.6. The van der Waals surface area contributed by atoms with Crippen molar-refractivity contribution >= 4 is 5.97 Å². The minimum absolute atomic E-state index is 0.145. The monoisotopic (exact) mass is 196 g/mol. The largest absolute Gasteiger partial charge is 0.496 e. The molecule has 4 heteroatoms. The molecule has 1 aromatic carbocycles. The van der Waals surface area contributed by atoms with E-state index in [1.54, 1.807) is 13.0 Å². The van der Waals surface area contributed by atoms with Crippen LogP contribution < -0.4 is 4.74 Å². The fourth-order valence-electron chi connectivity index (χ4n) is 1.19. The summed E-state index contributed by atoms with van der Waals surface area (Å²) in [7, 11) is 1.44. The summed E-state index contributed by atoms with van der Waals surface area (Å²) in [5, 5.41) is 18.1. The fraction of sp³-hybridized carbons (Fsp3) is 0.300. The van der Waals surface area contributed by atoms with E-state index < -0.39 is 12.1 Å². The van der Waals surface area contributed by atoms with Gasteiger partial charge >= 0.3 is 5.97 Å². The van der Waals surface area contributed by atoms with Crippen LogP contribution in [-0.2, 0) is 0 Å². The standard InChI is InChI=1S/C10H12O4/c1-6(11)8-4-3-7(10(12)13)5-9(8)14-2/h3-6,11H,1-2H3,(H,12,13). The minimum Gasteiger partial charge on any atom is -0.496 e. The summed E-state index contributed by atoms with van der Waals surface area (Å²) in [6, 6.07) is 4.38. The number of aliphatic hydroxyl groups is 1. The number of carbonyl (C=O) groups is 1. The van der Waals surface area contributed by atoms with E-state index in [1.807, 2.05) is 0 Å². The zero-order valence-electron chi connectivity index (χ0n) is 8.02. The molecule has 0 aliphatic rings. The second-order valence-corrected chi connectivity index (χ2v) is 2.94. The minimum atomic E-state index is -1.01. The zero-order valence-corrected chi connectivity index (χ0v) is 8.02. The van der Waals surface area contributed by atoms with Crippen molar-refractivity contribution < 1.29 is 19.7 Å². The average molecular weight is 196 g/mol. The van der Waals surface area contributed by atoms with Crippen molar-refractivity contribution in [3.05, 3.63) is 29.3 Å². The van der Waals surface area contributed by atoms with Gasteiger partial charge in [-0.05, 0) is 19.1 Å². The molecule has 0 heterocycles. The van der Waals surface area contributed by atoms with Crippen molar-refractivity contribution in [1.29, 1.82) is 0 Å². The van der Waals surface area contributed by atoms with Crippen LogP contribution in [0.4, 0.5) is 0 Å². The van der Waals surface area contributed by atoms with Gasteiger partial charge in [-0.15, -0.1) is 0 Å². The number of aliphatic hydroxyl groups excluding tert-OH is 1. The molecular formula is C10H12O4. The van der Waals surface area contributed by atoms with E-state index in [1.165, 1.54) is 19.2 Å². The highest BCUT2D eigenvalue weighted by Gasteiger charge is 2.11. The third kappa shape index (κ3) is 2.03. The summed E-state index contributed by atoms with van der Waals surface area (Å²) in [4.78, 5) is 10.6. The zero-order chi connectivity index (χ0) is 10.7. The molecule has 1 unspecified atom stereocenters. The first-order chi connectivity index (χ1) is 6.56. The Morgan fingerprint density at radius 3 is 2.57 bits per heavy atom. The quantitative estimate of drug-likeness (QED) is 0.767. The van der Waals surface area contributed by atoms with E-state index in [0.29, 0.717) is 11.3 Å².